The summed E-state index contributed by atoms with van der Waals surface area (Å²) in [6, 6.07) is 7.13. The summed E-state index contributed by atoms with van der Waals surface area (Å²) in [5, 5.41) is 3.59. The zero-order chi connectivity index (χ0) is 12.4. The fourth-order valence-corrected chi connectivity index (χ4v) is 2.59. The van der Waals surface area contributed by atoms with Crippen molar-refractivity contribution in [2.45, 2.75) is 39.2 Å². The Morgan fingerprint density at radius 3 is 2.65 bits per heavy atom. The van der Waals surface area contributed by atoms with E-state index in [4.69, 9.17) is 4.74 Å². The van der Waals surface area contributed by atoms with Crippen LogP contribution in [0.25, 0.3) is 0 Å². The number of hydrogen-bond acceptors (Lipinski definition) is 2. The Kier molecular flexibility index (Phi) is 3.72. The summed E-state index contributed by atoms with van der Waals surface area (Å²) < 4.78 is 5.42. The number of nitrogens with one attached hydrogen (secondary N) is 1. The van der Waals surface area contributed by atoms with Crippen molar-refractivity contribution in [1.29, 1.82) is 0 Å². The lowest BCUT2D eigenvalue weighted by Gasteiger charge is -2.17. The van der Waals surface area contributed by atoms with Crippen molar-refractivity contribution >= 4 is 0 Å². The molecule has 1 heterocycles. The van der Waals surface area contributed by atoms with Crippen LogP contribution >= 0.6 is 0 Å². The first-order chi connectivity index (χ1) is 8.11. The fraction of sp³-hybridized carbons (Fsp3) is 0.600. The molecule has 0 aliphatic carbocycles. The van der Waals surface area contributed by atoms with Crippen LogP contribution in [0.4, 0.5) is 0 Å². The molecule has 1 saturated heterocycles. The van der Waals surface area contributed by atoms with Crippen LogP contribution in [-0.4, -0.2) is 13.7 Å². The Hall–Kier alpha value is -1.02. The van der Waals surface area contributed by atoms with E-state index in [0.717, 1.165) is 18.2 Å². The third-order valence-corrected chi connectivity index (χ3v) is 3.63. The van der Waals surface area contributed by atoms with Gasteiger partial charge in [-0.3, -0.25) is 0 Å². The second kappa shape index (κ2) is 5.09. The minimum Gasteiger partial charge on any atom is -0.496 e. The predicted octanol–water partition coefficient (Wildman–Crippen LogP) is 3.49. The zero-order valence-corrected chi connectivity index (χ0v) is 11.3. The van der Waals surface area contributed by atoms with Crippen LogP contribution in [0.3, 0.4) is 0 Å². The summed E-state index contributed by atoms with van der Waals surface area (Å²) in [6.07, 6.45) is 1.24. The Bertz CT molecular complexity index is 387. The van der Waals surface area contributed by atoms with Gasteiger partial charge in [0.05, 0.1) is 7.11 Å². The number of rotatable bonds is 3. The maximum atomic E-state index is 5.42. The van der Waals surface area contributed by atoms with Crippen LogP contribution < -0.4 is 10.1 Å². The van der Waals surface area contributed by atoms with Crippen LogP contribution in [0.1, 0.15) is 50.3 Å². The van der Waals surface area contributed by atoms with Gasteiger partial charge in [0.2, 0.25) is 0 Å². The van der Waals surface area contributed by atoms with E-state index in [0.29, 0.717) is 12.0 Å². The molecule has 0 unspecified atom stereocenters. The highest BCUT2D eigenvalue weighted by Gasteiger charge is 2.22. The molecule has 1 aliphatic rings. The van der Waals surface area contributed by atoms with Crippen molar-refractivity contribution in [3.63, 3.8) is 0 Å². The molecule has 1 aromatic carbocycles. The quantitative estimate of drug-likeness (QED) is 0.863. The Morgan fingerprint density at radius 2 is 2.12 bits per heavy atom. The number of ether oxygens (including phenoxy) is 1. The summed E-state index contributed by atoms with van der Waals surface area (Å²) in [4.78, 5) is 0. The van der Waals surface area contributed by atoms with E-state index in [-0.39, 0.29) is 0 Å². The van der Waals surface area contributed by atoms with E-state index >= 15 is 0 Å². The van der Waals surface area contributed by atoms with Crippen LogP contribution in [-0.2, 0) is 0 Å². The zero-order valence-electron chi connectivity index (χ0n) is 11.3. The molecule has 1 fully saturated rings. The van der Waals surface area contributed by atoms with Gasteiger partial charge in [-0.25, -0.2) is 0 Å². The number of methoxy groups -OCH3 is 1. The normalized spacial score (nSPS) is 24.3. The molecule has 0 amide bonds. The smallest absolute Gasteiger partial charge is 0.122 e. The molecule has 1 aliphatic heterocycles. The van der Waals surface area contributed by atoms with E-state index in [1.165, 1.54) is 17.5 Å². The average Bonchev–Trinajstić information content (AvgIpc) is 2.75. The summed E-state index contributed by atoms with van der Waals surface area (Å²) in [7, 11) is 1.75. The van der Waals surface area contributed by atoms with Crippen LogP contribution in [0.15, 0.2) is 18.2 Å². The third-order valence-electron chi connectivity index (χ3n) is 3.63. The van der Waals surface area contributed by atoms with Crippen molar-refractivity contribution in [2.75, 3.05) is 13.7 Å². The SMILES string of the molecule is COc1ccc([C@@H]2C[C@@H](C)CN2)cc1C(C)C. The van der Waals surface area contributed by atoms with Crippen molar-refractivity contribution in [3.8, 4) is 5.75 Å². The lowest BCUT2D eigenvalue weighted by molar-refractivity contribution is 0.407. The molecule has 0 spiro atoms. The van der Waals surface area contributed by atoms with Crippen molar-refractivity contribution < 1.29 is 4.74 Å². The summed E-state index contributed by atoms with van der Waals surface area (Å²) in [5.41, 5.74) is 2.71. The molecule has 17 heavy (non-hydrogen) atoms. The van der Waals surface area contributed by atoms with E-state index in [2.05, 4.69) is 44.3 Å². The van der Waals surface area contributed by atoms with Crippen LogP contribution in [0, 0.1) is 5.92 Å². The first-order valence-electron chi connectivity index (χ1n) is 6.53. The molecular weight excluding hydrogens is 210 g/mol. The second-order valence-corrected chi connectivity index (χ2v) is 5.46. The van der Waals surface area contributed by atoms with Gasteiger partial charge in [-0.15, -0.1) is 0 Å². The Balaban J connectivity index is 2.27. The number of hydrogen-bond donors (Lipinski definition) is 1. The number of benzene rings is 1. The average molecular weight is 233 g/mol. The van der Waals surface area contributed by atoms with E-state index < -0.39 is 0 Å². The van der Waals surface area contributed by atoms with Crippen LogP contribution in [0.5, 0.6) is 5.75 Å². The van der Waals surface area contributed by atoms with Crippen LogP contribution in [0.2, 0.25) is 0 Å². The maximum Gasteiger partial charge on any atom is 0.122 e. The van der Waals surface area contributed by atoms with Gasteiger partial charge in [-0.1, -0.05) is 32.9 Å². The molecule has 1 N–H and O–H groups in total. The molecular formula is C15H23NO. The molecule has 0 aromatic heterocycles. The van der Waals surface area contributed by atoms with Gasteiger partial charge < -0.3 is 10.1 Å². The van der Waals surface area contributed by atoms with Gasteiger partial charge in [-0.2, -0.15) is 0 Å². The maximum absolute atomic E-state index is 5.42. The molecule has 2 nitrogen and oxygen atoms in total. The highest BCUT2D eigenvalue weighted by Crippen LogP contribution is 2.33. The molecule has 94 valence electrons. The topological polar surface area (TPSA) is 21.3 Å². The first kappa shape index (κ1) is 12.4. The minimum absolute atomic E-state index is 0.503. The van der Waals surface area contributed by atoms with Gasteiger partial charge in [0.25, 0.3) is 0 Å². The van der Waals surface area contributed by atoms with Gasteiger partial charge in [0.1, 0.15) is 5.75 Å². The predicted molar refractivity (Wildman–Crippen MR) is 71.6 cm³/mol. The second-order valence-electron chi connectivity index (χ2n) is 5.46. The van der Waals surface area contributed by atoms with E-state index in [1.807, 2.05) is 0 Å². The van der Waals surface area contributed by atoms with E-state index in [1.54, 1.807) is 7.11 Å². The first-order valence-corrected chi connectivity index (χ1v) is 6.53. The molecule has 2 heteroatoms. The van der Waals surface area contributed by atoms with Crippen molar-refractivity contribution in [3.05, 3.63) is 29.3 Å². The summed E-state index contributed by atoms with van der Waals surface area (Å²) in [6.45, 7) is 7.87. The standard InChI is InChI=1S/C15H23NO/c1-10(2)13-8-12(5-6-15(13)17-4)14-7-11(3)9-16-14/h5-6,8,10-11,14,16H,7,9H2,1-4H3/t11-,14+/m1/s1. The molecule has 2 atom stereocenters. The Morgan fingerprint density at radius 1 is 1.35 bits per heavy atom. The van der Waals surface area contributed by atoms with Crippen molar-refractivity contribution in [2.24, 2.45) is 5.92 Å². The molecule has 2 rings (SSSR count). The Labute approximate surface area is 104 Å². The highest BCUT2D eigenvalue weighted by molar-refractivity contribution is 5.40. The van der Waals surface area contributed by atoms with E-state index in [9.17, 15) is 0 Å². The molecule has 1 aromatic rings. The van der Waals surface area contributed by atoms with Gasteiger partial charge in [-0.05, 0) is 42.0 Å². The fourth-order valence-electron chi connectivity index (χ4n) is 2.59. The van der Waals surface area contributed by atoms with Gasteiger partial charge in [0, 0.05) is 6.04 Å². The lowest BCUT2D eigenvalue weighted by Crippen LogP contribution is -2.13. The summed E-state index contributed by atoms with van der Waals surface area (Å²) >= 11 is 0. The monoisotopic (exact) mass is 233 g/mol. The molecule has 0 radical (unpaired) electrons. The third kappa shape index (κ3) is 2.63. The van der Waals surface area contributed by atoms with Gasteiger partial charge >= 0.3 is 0 Å². The van der Waals surface area contributed by atoms with Crippen molar-refractivity contribution in [1.82, 2.24) is 5.32 Å². The van der Waals surface area contributed by atoms with Gasteiger partial charge in [0.15, 0.2) is 0 Å². The largest absolute Gasteiger partial charge is 0.496 e. The highest BCUT2D eigenvalue weighted by atomic mass is 16.5. The minimum atomic E-state index is 0.503. The molecule has 0 saturated carbocycles. The summed E-state index contributed by atoms with van der Waals surface area (Å²) in [5.74, 6) is 2.29. The molecule has 0 bridgehead atoms. The lowest BCUT2D eigenvalue weighted by atomic mass is 9.95.